The molecule has 0 radical (unpaired) electrons. The molecule has 0 saturated heterocycles. The van der Waals surface area contributed by atoms with Gasteiger partial charge < -0.3 is 9.30 Å². The quantitative estimate of drug-likeness (QED) is 0.628. The highest BCUT2D eigenvalue weighted by atomic mass is 16.6. The molecule has 1 fully saturated rings. The molecule has 2 aromatic heterocycles. The van der Waals surface area contributed by atoms with Crippen molar-refractivity contribution in [2.24, 2.45) is 7.05 Å². The zero-order chi connectivity index (χ0) is 22.2. The van der Waals surface area contributed by atoms with Crippen LogP contribution in [0.5, 0.6) is 0 Å². The summed E-state index contributed by atoms with van der Waals surface area (Å²) in [7, 11) is 1.92. The van der Waals surface area contributed by atoms with Crippen molar-refractivity contribution in [1.29, 1.82) is 5.26 Å². The molecule has 1 amide bonds. The summed E-state index contributed by atoms with van der Waals surface area (Å²) in [6.45, 7) is 5.46. The normalized spacial score (nSPS) is 13.5. The van der Waals surface area contributed by atoms with Gasteiger partial charge in [0.25, 0.3) is 0 Å². The Morgan fingerprint density at radius 1 is 1.23 bits per heavy atom. The molecule has 3 aromatic rings. The molecule has 7 nitrogen and oxygen atoms in total. The number of carbonyl (C=O) groups is 1. The van der Waals surface area contributed by atoms with E-state index in [9.17, 15) is 10.1 Å². The number of hydrogen-bond donors (Lipinski definition) is 1. The smallest absolute Gasteiger partial charge is 0.413 e. The largest absolute Gasteiger partial charge is 0.444 e. The summed E-state index contributed by atoms with van der Waals surface area (Å²) in [5.74, 6) is 1.61. The van der Waals surface area contributed by atoms with Crippen LogP contribution in [0.2, 0.25) is 0 Å². The third-order valence-corrected chi connectivity index (χ3v) is 4.99. The van der Waals surface area contributed by atoms with Gasteiger partial charge in [-0.15, -0.1) is 0 Å². The maximum Gasteiger partial charge on any atom is 0.413 e. The Kier molecular flexibility index (Phi) is 5.24. The molecule has 0 spiro atoms. The molecule has 1 saturated carbocycles. The Hall–Kier alpha value is -3.66. The molecule has 1 aliphatic carbocycles. The number of imidazole rings is 1. The Bertz CT molecular complexity index is 1180. The van der Waals surface area contributed by atoms with Crippen molar-refractivity contribution in [3.8, 4) is 28.6 Å². The van der Waals surface area contributed by atoms with Crippen molar-refractivity contribution < 1.29 is 9.53 Å². The summed E-state index contributed by atoms with van der Waals surface area (Å²) in [6.07, 6.45) is 5.23. The maximum absolute atomic E-state index is 12.3. The number of amides is 1. The lowest BCUT2D eigenvalue weighted by molar-refractivity contribution is 0.0635. The topological polar surface area (TPSA) is 92.8 Å². The Morgan fingerprint density at radius 2 is 2.00 bits per heavy atom. The lowest BCUT2D eigenvalue weighted by Crippen LogP contribution is -2.27. The number of rotatable bonds is 4. The van der Waals surface area contributed by atoms with E-state index in [1.165, 1.54) is 0 Å². The van der Waals surface area contributed by atoms with Gasteiger partial charge in [0.2, 0.25) is 0 Å². The first kappa shape index (κ1) is 20.6. The van der Waals surface area contributed by atoms with Gasteiger partial charge in [0, 0.05) is 36.6 Å². The predicted octanol–water partition coefficient (Wildman–Crippen LogP) is 5.25. The molecule has 0 atom stereocenters. The number of anilines is 1. The molecule has 31 heavy (non-hydrogen) atoms. The van der Waals surface area contributed by atoms with Gasteiger partial charge in [-0.1, -0.05) is 6.07 Å². The van der Waals surface area contributed by atoms with Crippen molar-refractivity contribution in [1.82, 2.24) is 14.5 Å². The van der Waals surface area contributed by atoms with Crippen LogP contribution >= 0.6 is 0 Å². The summed E-state index contributed by atoms with van der Waals surface area (Å²) in [6, 6.07) is 11.7. The average molecular weight is 415 g/mol. The predicted molar refractivity (Wildman–Crippen MR) is 118 cm³/mol. The van der Waals surface area contributed by atoms with Crippen LogP contribution in [0.3, 0.4) is 0 Å². The lowest BCUT2D eigenvalue weighted by Gasteiger charge is -2.20. The summed E-state index contributed by atoms with van der Waals surface area (Å²) in [5, 5.41) is 12.2. The van der Waals surface area contributed by atoms with Crippen LogP contribution in [0.1, 0.15) is 50.8 Å². The molecule has 4 rings (SSSR count). The van der Waals surface area contributed by atoms with Gasteiger partial charge in [-0.05, 0) is 69.0 Å². The van der Waals surface area contributed by atoms with E-state index in [0.29, 0.717) is 17.3 Å². The molecule has 0 bridgehead atoms. The summed E-state index contributed by atoms with van der Waals surface area (Å²) < 4.78 is 7.31. The first-order chi connectivity index (χ1) is 14.7. The Labute approximate surface area is 181 Å². The Morgan fingerprint density at radius 3 is 2.61 bits per heavy atom. The number of ether oxygens (including phenoxy) is 1. The van der Waals surface area contributed by atoms with E-state index in [1.54, 1.807) is 12.3 Å². The summed E-state index contributed by atoms with van der Waals surface area (Å²) in [5.41, 5.74) is 3.58. The number of nitriles is 1. The van der Waals surface area contributed by atoms with Gasteiger partial charge in [0.15, 0.2) is 0 Å². The minimum Gasteiger partial charge on any atom is -0.444 e. The van der Waals surface area contributed by atoms with Crippen molar-refractivity contribution in [3.63, 3.8) is 0 Å². The SMILES string of the molecule is Cn1ccnc1-c1cc(C#N)ccc1-c1cc(NC(=O)OC(C)(C)C)nc(C2CC2)c1. The highest BCUT2D eigenvalue weighted by molar-refractivity contribution is 5.87. The first-order valence-corrected chi connectivity index (χ1v) is 10.3. The van der Waals surface area contributed by atoms with Gasteiger partial charge in [0.05, 0.1) is 11.6 Å². The highest BCUT2D eigenvalue weighted by Crippen LogP contribution is 2.42. The van der Waals surface area contributed by atoms with Crippen molar-refractivity contribution in [2.75, 3.05) is 5.32 Å². The number of aromatic nitrogens is 3. The molecule has 1 aromatic carbocycles. The molecular formula is C24H25N5O2. The second kappa shape index (κ2) is 7.88. The average Bonchev–Trinajstić information content (AvgIpc) is 3.47. The fourth-order valence-corrected chi connectivity index (χ4v) is 3.44. The van der Waals surface area contributed by atoms with Gasteiger partial charge in [-0.25, -0.2) is 14.8 Å². The van der Waals surface area contributed by atoms with Crippen molar-refractivity contribution in [3.05, 3.63) is 54.0 Å². The molecule has 2 heterocycles. The van der Waals surface area contributed by atoms with Crippen LogP contribution in [0.4, 0.5) is 10.6 Å². The number of nitrogens with zero attached hydrogens (tertiary/aromatic N) is 4. The summed E-state index contributed by atoms with van der Waals surface area (Å²) in [4.78, 5) is 21.5. The van der Waals surface area contributed by atoms with Crippen LogP contribution in [-0.2, 0) is 11.8 Å². The van der Waals surface area contributed by atoms with Crippen LogP contribution < -0.4 is 5.32 Å². The van der Waals surface area contributed by atoms with Crippen LogP contribution in [-0.4, -0.2) is 26.2 Å². The number of pyridine rings is 1. The van der Waals surface area contributed by atoms with E-state index < -0.39 is 11.7 Å². The van der Waals surface area contributed by atoms with E-state index in [0.717, 1.165) is 41.1 Å². The first-order valence-electron chi connectivity index (χ1n) is 10.3. The van der Waals surface area contributed by atoms with Crippen LogP contribution in [0.25, 0.3) is 22.5 Å². The number of carbonyl (C=O) groups excluding carboxylic acids is 1. The van der Waals surface area contributed by atoms with Crippen molar-refractivity contribution in [2.45, 2.75) is 45.1 Å². The zero-order valence-electron chi connectivity index (χ0n) is 18.1. The van der Waals surface area contributed by atoms with Crippen molar-refractivity contribution >= 4 is 11.9 Å². The van der Waals surface area contributed by atoms with Gasteiger partial charge in [0.1, 0.15) is 17.2 Å². The fraction of sp³-hybridized carbons (Fsp3) is 0.333. The minimum absolute atomic E-state index is 0.397. The van der Waals surface area contributed by atoms with E-state index in [1.807, 2.05) is 56.8 Å². The third-order valence-electron chi connectivity index (χ3n) is 4.99. The molecular weight excluding hydrogens is 390 g/mol. The van der Waals surface area contributed by atoms with E-state index in [-0.39, 0.29) is 0 Å². The number of hydrogen-bond acceptors (Lipinski definition) is 5. The number of benzene rings is 1. The molecule has 0 unspecified atom stereocenters. The maximum atomic E-state index is 12.3. The standard InChI is InChI=1S/C24H25N5O2/c1-24(2,3)31-23(30)28-21-13-17(12-20(27-21)16-6-7-16)18-8-5-15(14-25)11-19(18)22-26-9-10-29(22)4/h5,8-13,16H,6-7H2,1-4H3,(H,27,28,30). The Balaban J connectivity index is 1.79. The molecule has 0 aliphatic heterocycles. The lowest BCUT2D eigenvalue weighted by atomic mass is 9.96. The second-order valence-electron chi connectivity index (χ2n) is 8.80. The van der Waals surface area contributed by atoms with Crippen LogP contribution in [0, 0.1) is 11.3 Å². The zero-order valence-corrected chi connectivity index (χ0v) is 18.1. The molecule has 1 N–H and O–H groups in total. The van der Waals surface area contributed by atoms with Crippen LogP contribution in [0.15, 0.2) is 42.7 Å². The van der Waals surface area contributed by atoms with E-state index >= 15 is 0 Å². The minimum atomic E-state index is -0.598. The summed E-state index contributed by atoms with van der Waals surface area (Å²) >= 11 is 0. The van der Waals surface area contributed by atoms with E-state index in [2.05, 4.69) is 27.4 Å². The second-order valence-corrected chi connectivity index (χ2v) is 8.80. The number of aryl methyl sites for hydroxylation is 1. The number of nitrogens with one attached hydrogen (secondary N) is 1. The fourth-order valence-electron chi connectivity index (χ4n) is 3.44. The van der Waals surface area contributed by atoms with Gasteiger partial charge >= 0.3 is 6.09 Å². The monoisotopic (exact) mass is 415 g/mol. The molecule has 1 aliphatic rings. The van der Waals surface area contributed by atoms with Gasteiger partial charge in [-0.2, -0.15) is 5.26 Å². The molecule has 7 heteroatoms. The van der Waals surface area contributed by atoms with Gasteiger partial charge in [-0.3, -0.25) is 5.32 Å². The highest BCUT2D eigenvalue weighted by Gasteiger charge is 2.27. The van der Waals surface area contributed by atoms with E-state index in [4.69, 9.17) is 4.74 Å². The third kappa shape index (κ3) is 4.75. The molecule has 158 valence electrons.